The largest absolute Gasteiger partial charge is 0.351 e. The summed E-state index contributed by atoms with van der Waals surface area (Å²) >= 11 is 0. The van der Waals surface area contributed by atoms with E-state index in [4.69, 9.17) is 0 Å². The molecule has 2 aromatic heterocycles. The number of hydrogen-bond acceptors (Lipinski definition) is 5. The summed E-state index contributed by atoms with van der Waals surface area (Å²) < 4.78 is 15.9. The number of nitrogens with one attached hydrogen (secondary N) is 1. The van der Waals surface area contributed by atoms with E-state index in [1.165, 1.54) is 6.33 Å². The topological polar surface area (TPSA) is 92.5 Å². The van der Waals surface area contributed by atoms with Crippen molar-refractivity contribution in [2.75, 3.05) is 13.1 Å². The van der Waals surface area contributed by atoms with Crippen molar-refractivity contribution in [1.29, 1.82) is 0 Å². The SMILES string of the molecule is Cc1nc2ncnn2c(C)c1CCC(=O)N[C@H]1C[C@@H](F)CN(C(=O)C2CCC2)C1. The number of rotatable bonds is 5. The molecule has 3 heterocycles. The van der Waals surface area contributed by atoms with Crippen molar-refractivity contribution in [3.8, 4) is 0 Å². The molecule has 9 heteroatoms. The van der Waals surface area contributed by atoms with Crippen molar-refractivity contribution in [2.24, 2.45) is 5.92 Å². The Bertz CT molecular complexity index is 925. The summed E-state index contributed by atoms with van der Waals surface area (Å²) in [5, 5.41) is 7.09. The van der Waals surface area contributed by atoms with Gasteiger partial charge in [0.15, 0.2) is 0 Å². The fourth-order valence-corrected chi connectivity index (χ4v) is 4.29. The third-order valence-corrected chi connectivity index (χ3v) is 6.12. The molecule has 156 valence electrons. The Morgan fingerprint density at radius 3 is 2.79 bits per heavy atom. The van der Waals surface area contributed by atoms with Crippen LogP contribution in [0.1, 0.15) is 49.1 Å². The molecule has 0 bridgehead atoms. The molecular formula is C20H27FN6O2. The van der Waals surface area contributed by atoms with Gasteiger partial charge in [-0.25, -0.2) is 13.9 Å². The molecular weight excluding hydrogens is 375 g/mol. The Balaban J connectivity index is 1.35. The van der Waals surface area contributed by atoms with Crippen molar-refractivity contribution < 1.29 is 14.0 Å². The molecule has 1 saturated carbocycles. The minimum absolute atomic E-state index is 0.0382. The molecule has 0 radical (unpaired) electrons. The van der Waals surface area contributed by atoms with Gasteiger partial charge in [-0.05, 0) is 38.7 Å². The highest BCUT2D eigenvalue weighted by Crippen LogP contribution is 2.29. The van der Waals surface area contributed by atoms with Crippen molar-refractivity contribution in [3.05, 3.63) is 23.3 Å². The molecule has 2 aliphatic rings. The van der Waals surface area contributed by atoms with Crippen LogP contribution in [0.25, 0.3) is 5.78 Å². The molecule has 4 rings (SSSR count). The number of piperidine rings is 1. The van der Waals surface area contributed by atoms with Crippen LogP contribution in [0.4, 0.5) is 4.39 Å². The molecule has 1 saturated heterocycles. The molecule has 2 atom stereocenters. The Morgan fingerprint density at radius 1 is 1.28 bits per heavy atom. The van der Waals surface area contributed by atoms with Crippen LogP contribution in [0.3, 0.4) is 0 Å². The lowest BCUT2D eigenvalue weighted by molar-refractivity contribution is -0.141. The third kappa shape index (κ3) is 4.09. The summed E-state index contributed by atoms with van der Waals surface area (Å²) in [4.78, 5) is 35.1. The van der Waals surface area contributed by atoms with E-state index in [2.05, 4.69) is 20.4 Å². The summed E-state index contributed by atoms with van der Waals surface area (Å²) in [5.41, 5.74) is 2.71. The van der Waals surface area contributed by atoms with Crippen molar-refractivity contribution in [1.82, 2.24) is 29.8 Å². The van der Waals surface area contributed by atoms with Gasteiger partial charge >= 0.3 is 0 Å². The number of fused-ring (bicyclic) bond motifs is 1. The maximum Gasteiger partial charge on any atom is 0.252 e. The summed E-state index contributed by atoms with van der Waals surface area (Å²) in [6.45, 7) is 4.37. The van der Waals surface area contributed by atoms with Gasteiger partial charge in [0.05, 0.1) is 6.54 Å². The van der Waals surface area contributed by atoms with E-state index in [1.807, 2.05) is 13.8 Å². The zero-order valence-corrected chi connectivity index (χ0v) is 16.9. The zero-order valence-electron chi connectivity index (χ0n) is 16.9. The highest BCUT2D eigenvalue weighted by molar-refractivity contribution is 5.80. The first-order valence-electron chi connectivity index (χ1n) is 10.3. The van der Waals surface area contributed by atoms with Gasteiger partial charge in [-0.3, -0.25) is 9.59 Å². The highest BCUT2D eigenvalue weighted by Gasteiger charge is 2.35. The van der Waals surface area contributed by atoms with Crippen molar-refractivity contribution >= 4 is 17.6 Å². The molecule has 0 unspecified atom stereocenters. The fraction of sp³-hybridized carbons (Fsp3) is 0.650. The van der Waals surface area contributed by atoms with Gasteiger partial charge in [0, 0.05) is 42.7 Å². The second-order valence-electron chi connectivity index (χ2n) is 8.20. The van der Waals surface area contributed by atoms with Crippen LogP contribution >= 0.6 is 0 Å². The van der Waals surface area contributed by atoms with Gasteiger partial charge in [-0.1, -0.05) is 6.42 Å². The normalized spacial score (nSPS) is 22.5. The maximum atomic E-state index is 14.2. The number of aromatic nitrogens is 4. The first-order valence-corrected chi connectivity index (χ1v) is 10.3. The average Bonchev–Trinajstić information content (AvgIpc) is 3.08. The van der Waals surface area contributed by atoms with E-state index in [9.17, 15) is 14.0 Å². The maximum absolute atomic E-state index is 14.2. The van der Waals surface area contributed by atoms with Crippen molar-refractivity contribution in [2.45, 2.75) is 64.6 Å². The summed E-state index contributed by atoms with van der Waals surface area (Å²) in [5.74, 6) is 0.483. The molecule has 2 aromatic rings. The van der Waals surface area contributed by atoms with Crippen LogP contribution in [-0.2, 0) is 16.0 Å². The molecule has 0 spiro atoms. The number of alkyl halides is 1. The van der Waals surface area contributed by atoms with Gasteiger partial charge < -0.3 is 10.2 Å². The average molecular weight is 402 g/mol. The second kappa shape index (κ2) is 8.04. The summed E-state index contributed by atoms with van der Waals surface area (Å²) in [7, 11) is 0. The third-order valence-electron chi connectivity index (χ3n) is 6.12. The number of amides is 2. The van der Waals surface area contributed by atoms with E-state index in [-0.39, 0.29) is 43.2 Å². The van der Waals surface area contributed by atoms with E-state index < -0.39 is 6.17 Å². The van der Waals surface area contributed by atoms with Gasteiger partial charge in [0.1, 0.15) is 12.5 Å². The lowest BCUT2D eigenvalue weighted by Gasteiger charge is -2.38. The molecule has 2 fully saturated rings. The zero-order chi connectivity index (χ0) is 20.5. The first-order chi connectivity index (χ1) is 13.9. The van der Waals surface area contributed by atoms with Crippen LogP contribution < -0.4 is 5.32 Å². The van der Waals surface area contributed by atoms with Crippen LogP contribution in [0.15, 0.2) is 6.33 Å². The minimum Gasteiger partial charge on any atom is -0.351 e. The van der Waals surface area contributed by atoms with E-state index >= 15 is 0 Å². The quantitative estimate of drug-likeness (QED) is 0.819. The number of carbonyl (C=O) groups excluding carboxylic acids is 2. The first kappa shape index (κ1) is 19.7. The Morgan fingerprint density at radius 2 is 2.07 bits per heavy atom. The van der Waals surface area contributed by atoms with Crippen LogP contribution in [0, 0.1) is 19.8 Å². The monoisotopic (exact) mass is 402 g/mol. The number of halogens is 1. The number of carbonyl (C=O) groups is 2. The molecule has 1 N–H and O–H groups in total. The Hall–Kier alpha value is -2.58. The molecule has 2 amide bonds. The number of nitrogens with zero attached hydrogens (tertiary/aromatic N) is 5. The summed E-state index contributed by atoms with van der Waals surface area (Å²) in [6.07, 6.45) is 4.26. The van der Waals surface area contributed by atoms with Gasteiger partial charge in [0.2, 0.25) is 11.8 Å². The van der Waals surface area contributed by atoms with Gasteiger partial charge in [-0.15, -0.1) is 0 Å². The smallest absolute Gasteiger partial charge is 0.252 e. The van der Waals surface area contributed by atoms with Gasteiger partial charge in [-0.2, -0.15) is 10.1 Å². The van der Waals surface area contributed by atoms with E-state index in [1.54, 1.807) is 9.42 Å². The predicted octanol–water partition coefficient (Wildman–Crippen LogP) is 1.53. The van der Waals surface area contributed by atoms with Crippen LogP contribution in [0.2, 0.25) is 0 Å². The predicted molar refractivity (Wildman–Crippen MR) is 104 cm³/mol. The number of aryl methyl sites for hydroxylation is 2. The molecule has 1 aliphatic heterocycles. The number of likely N-dealkylation sites (tertiary alicyclic amines) is 1. The minimum atomic E-state index is -1.10. The van der Waals surface area contributed by atoms with Crippen LogP contribution in [0.5, 0.6) is 0 Å². The van der Waals surface area contributed by atoms with E-state index in [0.29, 0.717) is 18.7 Å². The lowest BCUT2D eigenvalue weighted by atomic mass is 9.84. The van der Waals surface area contributed by atoms with Gasteiger partial charge in [0.25, 0.3) is 5.78 Å². The Labute approximate surface area is 168 Å². The number of hydrogen-bond donors (Lipinski definition) is 1. The highest BCUT2D eigenvalue weighted by atomic mass is 19.1. The Kier molecular flexibility index (Phi) is 5.47. The lowest BCUT2D eigenvalue weighted by Crippen LogP contribution is -2.55. The molecule has 0 aromatic carbocycles. The van der Waals surface area contributed by atoms with Crippen molar-refractivity contribution in [3.63, 3.8) is 0 Å². The molecule has 29 heavy (non-hydrogen) atoms. The van der Waals surface area contributed by atoms with E-state index in [0.717, 1.165) is 36.2 Å². The molecule has 8 nitrogen and oxygen atoms in total. The molecule has 1 aliphatic carbocycles. The van der Waals surface area contributed by atoms with Crippen LogP contribution in [-0.4, -0.2) is 61.6 Å². The standard InChI is InChI=1S/C20H27FN6O2/c1-12-17(13(2)27-20(24-12)22-11-23-27)6-7-18(28)25-16-8-15(21)9-26(10-16)19(29)14-4-3-5-14/h11,14-16H,3-10H2,1-2H3,(H,25,28)/t15-,16+/m1/s1. The summed E-state index contributed by atoms with van der Waals surface area (Å²) in [6, 6.07) is -0.339. The fourth-order valence-electron chi connectivity index (χ4n) is 4.29. The second-order valence-corrected chi connectivity index (χ2v) is 8.20.